The van der Waals surface area contributed by atoms with Crippen LogP contribution in [0.1, 0.15) is 24.2 Å². The fourth-order valence-corrected chi connectivity index (χ4v) is 2.52. The fourth-order valence-electron chi connectivity index (χ4n) is 2.52. The van der Waals surface area contributed by atoms with E-state index in [2.05, 4.69) is 18.7 Å². The summed E-state index contributed by atoms with van der Waals surface area (Å²) in [5.74, 6) is -0.796. The van der Waals surface area contributed by atoms with Crippen molar-refractivity contribution in [1.29, 1.82) is 0 Å². The molecule has 1 unspecified atom stereocenters. The van der Waals surface area contributed by atoms with E-state index in [0.29, 0.717) is 24.8 Å². The molecule has 1 atom stereocenters. The van der Waals surface area contributed by atoms with Crippen LogP contribution >= 0.6 is 0 Å². The van der Waals surface area contributed by atoms with Crippen LogP contribution in [0.4, 0.5) is 10.1 Å². The Hall–Kier alpha value is -1.62. The quantitative estimate of drug-likeness (QED) is 0.826. The predicted molar refractivity (Wildman–Crippen MR) is 73.4 cm³/mol. The lowest BCUT2D eigenvalue weighted by atomic mass is 10.1. The Balaban J connectivity index is 2.12. The van der Waals surface area contributed by atoms with Crippen molar-refractivity contribution in [2.45, 2.75) is 19.9 Å². The van der Waals surface area contributed by atoms with Gasteiger partial charge in [-0.15, -0.1) is 0 Å². The predicted octanol–water partition coefficient (Wildman–Crippen LogP) is 1.57. The SMILES string of the molecule is CCN1CCN(C(=O)c2ccc(N)cc2F)CC1C. The van der Waals surface area contributed by atoms with Gasteiger partial charge in [0, 0.05) is 31.4 Å². The van der Waals surface area contributed by atoms with Gasteiger partial charge >= 0.3 is 0 Å². The molecular weight excluding hydrogens is 245 g/mol. The number of hydrogen-bond acceptors (Lipinski definition) is 3. The monoisotopic (exact) mass is 265 g/mol. The Morgan fingerprint density at radius 3 is 2.79 bits per heavy atom. The molecule has 104 valence electrons. The third-order valence-corrected chi connectivity index (χ3v) is 3.68. The minimum atomic E-state index is -0.546. The highest BCUT2D eigenvalue weighted by atomic mass is 19.1. The highest BCUT2D eigenvalue weighted by Gasteiger charge is 2.27. The molecule has 0 saturated carbocycles. The normalized spacial score (nSPS) is 20.6. The van der Waals surface area contributed by atoms with Gasteiger partial charge in [0.2, 0.25) is 0 Å². The summed E-state index contributed by atoms with van der Waals surface area (Å²) < 4.78 is 13.8. The first-order valence-corrected chi connectivity index (χ1v) is 6.61. The van der Waals surface area contributed by atoms with E-state index in [0.717, 1.165) is 13.1 Å². The third-order valence-electron chi connectivity index (χ3n) is 3.68. The average molecular weight is 265 g/mol. The molecule has 2 N–H and O–H groups in total. The molecule has 19 heavy (non-hydrogen) atoms. The second-order valence-corrected chi connectivity index (χ2v) is 4.97. The number of nitrogens with zero attached hydrogens (tertiary/aromatic N) is 2. The second kappa shape index (κ2) is 5.57. The maximum absolute atomic E-state index is 13.8. The summed E-state index contributed by atoms with van der Waals surface area (Å²) in [5, 5.41) is 0. The smallest absolute Gasteiger partial charge is 0.256 e. The zero-order valence-electron chi connectivity index (χ0n) is 11.4. The Labute approximate surface area is 113 Å². The van der Waals surface area contributed by atoms with E-state index >= 15 is 0 Å². The fraction of sp³-hybridized carbons (Fsp3) is 0.500. The van der Waals surface area contributed by atoms with Gasteiger partial charge in [-0.2, -0.15) is 0 Å². The number of carbonyl (C=O) groups excluding carboxylic acids is 1. The lowest BCUT2D eigenvalue weighted by Crippen LogP contribution is -2.53. The van der Waals surface area contributed by atoms with E-state index in [1.54, 1.807) is 11.0 Å². The summed E-state index contributed by atoms with van der Waals surface area (Å²) >= 11 is 0. The van der Waals surface area contributed by atoms with E-state index in [-0.39, 0.29) is 11.5 Å². The van der Waals surface area contributed by atoms with Crippen LogP contribution < -0.4 is 5.73 Å². The zero-order valence-corrected chi connectivity index (χ0v) is 11.4. The molecule has 1 aromatic rings. The maximum Gasteiger partial charge on any atom is 0.256 e. The van der Waals surface area contributed by atoms with Crippen LogP contribution in [0.25, 0.3) is 0 Å². The minimum absolute atomic E-state index is 0.103. The van der Waals surface area contributed by atoms with Crippen LogP contribution in [0.5, 0.6) is 0 Å². The van der Waals surface area contributed by atoms with Gasteiger partial charge in [0.1, 0.15) is 5.82 Å². The summed E-state index contributed by atoms with van der Waals surface area (Å²) in [6.45, 7) is 7.27. The van der Waals surface area contributed by atoms with Crippen LogP contribution in [0.3, 0.4) is 0 Å². The van der Waals surface area contributed by atoms with Crippen molar-refractivity contribution in [2.75, 3.05) is 31.9 Å². The Morgan fingerprint density at radius 2 is 2.21 bits per heavy atom. The van der Waals surface area contributed by atoms with Gasteiger partial charge < -0.3 is 10.6 Å². The minimum Gasteiger partial charge on any atom is -0.399 e. The van der Waals surface area contributed by atoms with Crippen molar-refractivity contribution in [3.8, 4) is 0 Å². The number of hydrogen-bond donors (Lipinski definition) is 1. The maximum atomic E-state index is 13.8. The second-order valence-electron chi connectivity index (χ2n) is 4.97. The molecule has 0 bridgehead atoms. The molecular formula is C14H20FN3O. The van der Waals surface area contributed by atoms with Gasteiger partial charge in [-0.3, -0.25) is 9.69 Å². The number of nitrogen functional groups attached to an aromatic ring is 1. The standard InChI is InChI=1S/C14H20FN3O/c1-3-17-6-7-18(9-10(17)2)14(19)12-5-4-11(16)8-13(12)15/h4-5,8,10H,3,6-7,9,16H2,1-2H3. The number of rotatable bonds is 2. The molecule has 4 nitrogen and oxygen atoms in total. The summed E-state index contributed by atoms with van der Waals surface area (Å²) in [4.78, 5) is 16.3. The van der Waals surface area contributed by atoms with Crippen molar-refractivity contribution in [3.63, 3.8) is 0 Å². The highest BCUT2D eigenvalue weighted by molar-refractivity contribution is 5.95. The average Bonchev–Trinajstić information content (AvgIpc) is 2.38. The lowest BCUT2D eigenvalue weighted by Gasteiger charge is -2.39. The number of piperazine rings is 1. The van der Waals surface area contributed by atoms with Gasteiger partial charge in [0.05, 0.1) is 5.56 Å². The van der Waals surface area contributed by atoms with Crippen LogP contribution in [-0.4, -0.2) is 47.9 Å². The molecule has 0 aromatic heterocycles. The first-order valence-electron chi connectivity index (χ1n) is 6.61. The zero-order chi connectivity index (χ0) is 14.0. The van der Waals surface area contributed by atoms with E-state index in [9.17, 15) is 9.18 Å². The number of nitrogens with two attached hydrogens (primary N) is 1. The molecule has 1 saturated heterocycles. The van der Waals surface area contributed by atoms with Gasteiger partial charge in [-0.25, -0.2) is 4.39 Å². The number of benzene rings is 1. The number of carbonyl (C=O) groups is 1. The number of halogens is 1. The van der Waals surface area contributed by atoms with E-state index in [4.69, 9.17) is 5.73 Å². The topological polar surface area (TPSA) is 49.6 Å². The summed E-state index contributed by atoms with van der Waals surface area (Å²) in [7, 11) is 0. The number of anilines is 1. The van der Waals surface area contributed by atoms with Gasteiger partial charge in [0.15, 0.2) is 0 Å². The number of amides is 1. The van der Waals surface area contributed by atoms with Crippen LogP contribution in [0, 0.1) is 5.82 Å². The van der Waals surface area contributed by atoms with E-state index in [1.807, 2.05) is 0 Å². The molecule has 0 aliphatic carbocycles. The van der Waals surface area contributed by atoms with Gasteiger partial charge in [0.25, 0.3) is 5.91 Å². The Kier molecular flexibility index (Phi) is 4.04. The summed E-state index contributed by atoms with van der Waals surface area (Å²) in [6.07, 6.45) is 0. The van der Waals surface area contributed by atoms with Crippen molar-refractivity contribution in [1.82, 2.24) is 9.80 Å². The van der Waals surface area contributed by atoms with Crippen LogP contribution in [-0.2, 0) is 0 Å². The van der Waals surface area contributed by atoms with Crippen LogP contribution in [0.2, 0.25) is 0 Å². The van der Waals surface area contributed by atoms with E-state index in [1.165, 1.54) is 12.1 Å². The molecule has 1 aliphatic heterocycles. The van der Waals surface area contributed by atoms with E-state index < -0.39 is 5.82 Å². The summed E-state index contributed by atoms with van der Waals surface area (Å²) in [6, 6.07) is 4.52. The number of likely N-dealkylation sites (N-methyl/N-ethyl adjacent to an activating group) is 1. The van der Waals surface area contributed by atoms with Crippen molar-refractivity contribution >= 4 is 11.6 Å². The molecule has 0 radical (unpaired) electrons. The van der Waals surface area contributed by atoms with Crippen molar-refractivity contribution in [3.05, 3.63) is 29.6 Å². The van der Waals surface area contributed by atoms with Crippen molar-refractivity contribution < 1.29 is 9.18 Å². The van der Waals surface area contributed by atoms with Gasteiger partial charge in [-0.1, -0.05) is 6.92 Å². The van der Waals surface area contributed by atoms with Crippen molar-refractivity contribution in [2.24, 2.45) is 0 Å². The molecule has 5 heteroatoms. The third kappa shape index (κ3) is 2.87. The largest absolute Gasteiger partial charge is 0.399 e. The molecule has 0 spiro atoms. The molecule has 1 aromatic carbocycles. The summed E-state index contributed by atoms with van der Waals surface area (Å²) in [5.41, 5.74) is 5.93. The molecule has 1 amide bonds. The molecule has 1 aliphatic rings. The Morgan fingerprint density at radius 1 is 1.47 bits per heavy atom. The highest BCUT2D eigenvalue weighted by Crippen LogP contribution is 2.17. The molecule has 1 fully saturated rings. The first kappa shape index (κ1) is 13.8. The van der Waals surface area contributed by atoms with Gasteiger partial charge in [-0.05, 0) is 31.7 Å². The molecule has 2 rings (SSSR count). The first-order chi connectivity index (χ1) is 9.02. The lowest BCUT2D eigenvalue weighted by molar-refractivity contribution is 0.0524. The molecule has 1 heterocycles. The van der Waals surface area contributed by atoms with Crippen LogP contribution in [0.15, 0.2) is 18.2 Å². The Bertz CT molecular complexity index is 478.